The monoisotopic (exact) mass is 422 g/mol. The van der Waals surface area contributed by atoms with Crippen molar-refractivity contribution in [3.8, 4) is 0 Å². The Hall–Kier alpha value is -0.755. The topological polar surface area (TPSA) is 156 Å². The number of carbonyl (C=O) groups is 1. The molecule has 1 aliphatic rings. The normalized spacial score (nSPS) is 24.8. The van der Waals surface area contributed by atoms with Gasteiger partial charge in [-0.05, 0) is 25.7 Å². The van der Waals surface area contributed by atoms with Gasteiger partial charge in [-0.15, -0.1) is 0 Å². The molecular weight excluding hydrogens is 387 g/mol. The zero-order valence-corrected chi connectivity index (χ0v) is 18.0. The van der Waals surface area contributed by atoms with Crippen LogP contribution in [-0.2, 0) is 15.0 Å². The summed E-state index contributed by atoms with van der Waals surface area (Å²) in [6.45, 7) is 5.96. The summed E-state index contributed by atoms with van der Waals surface area (Å²) < 4.78 is 28.8. The number of carboxylic acids is 1. The molecule has 0 radical (unpaired) electrons. The molecule has 3 atom stereocenters. The van der Waals surface area contributed by atoms with Crippen molar-refractivity contribution in [3.05, 3.63) is 0 Å². The molecule has 0 amide bonds. The predicted molar refractivity (Wildman–Crippen MR) is 108 cm³/mol. The summed E-state index contributed by atoms with van der Waals surface area (Å²) in [6.07, 6.45) is 0.719. The molecule has 1 saturated heterocycles. The molecule has 164 valence electrons. The van der Waals surface area contributed by atoms with Crippen molar-refractivity contribution in [1.82, 2.24) is 13.9 Å². The lowest BCUT2D eigenvalue weighted by Gasteiger charge is -2.31. The summed E-state index contributed by atoms with van der Waals surface area (Å²) in [4.78, 5) is 11.8. The van der Waals surface area contributed by atoms with Gasteiger partial charge in [-0.2, -0.15) is 17.0 Å². The summed E-state index contributed by atoms with van der Waals surface area (Å²) in [7, 11) is -3.59. The van der Waals surface area contributed by atoms with Crippen molar-refractivity contribution >= 4 is 23.3 Å². The van der Waals surface area contributed by atoms with Crippen molar-refractivity contribution in [2.24, 2.45) is 17.6 Å². The summed E-state index contributed by atoms with van der Waals surface area (Å²) in [5.41, 5.74) is 4.40. The van der Waals surface area contributed by atoms with E-state index in [4.69, 9.17) is 15.8 Å². The first-order valence-corrected chi connectivity index (χ1v) is 11.1. The second-order valence-electron chi connectivity index (χ2n) is 7.84. The Morgan fingerprint density at radius 3 is 2.46 bits per heavy atom. The number of nitrogens with two attached hydrogens (primary N) is 1. The zero-order chi connectivity index (χ0) is 21.7. The van der Waals surface area contributed by atoms with Crippen molar-refractivity contribution in [2.45, 2.75) is 51.5 Å². The Morgan fingerprint density at radius 1 is 1.43 bits per heavy atom. The van der Waals surface area contributed by atoms with E-state index in [-0.39, 0.29) is 44.5 Å². The van der Waals surface area contributed by atoms with Crippen LogP contribution in [0, 0.1) is 11.8 Å². The molecule has 0 unspecified atom stereocenters. The van der Waals surface area contributed by atoms with Gasteiger partial charge in [0.25, 0.3) is 10.2 Å². The van der Waals surface area contributed by atoms with E-state index in [1.165, 1.54) is 4.31 Å². The van der Waals surface area contributed by atoms with E-state index >= 15 is 0 Å². The Balaban J connectivity index is 3.01. The highest BCUT2D eigenvalue weighted by molar-refractivity contribution is 7.86. The van der Waals surface area contributed by atoms with Gasteiger partial charge in [-0.1, -0.05) is 27.2 Å². The van der Waals surface area contributed by atoms with Gasteiger partial charge in [0.05, 0.1) is 0 Å². The molecule has 1 aliphatic heterocycles. The average Bonchev–Trinajstić information content (AvgIpc) is 2.94. The van der Waals surface area contributed by atoms with Crippen LogP contribution in [0.2, 0.25) is 6.32 Å². The molecule has 0 aromatic heterocycles. The third-order valence-electron chi connectivity index (χ3n) is 5.58. The number of likely N-dealkylation sites (N-methyl/N-ethyl adjacent to an activating group) is 2. The molecule has 1 fully saturated rings. The van der Waals surface area contributed by atoms with Gasteiger partial charge in [0, 0.05) is 38.1 Å². The van der Waals surface area contributed by atoms with Crippen molar-refractivity contribution in [1.29, 1.82) is 0 Å². The van der Waals surface area contributed by atoms with Gasteiger partial charge in [0.1, 0.15) is 5.54 Å². The minimum atomic E-state index is -3.88. The fourth-order valence-electron chi connectivity index (χ4n) is 3.61. The third kappa shape index (κ3) is 5.88. The van der Waals surface area contributed by atoms with Crippen LogP contribution < -0.4 is 11.1 Å². The number of carboxylic acid groups (broad SMARTS) is 1. The fourth-order valence-corrected chi connectivity index (χ4v) is 5.36. The maximum Gasteiger partial charge on any atom is 0.451 e. The van der Waals surface area contributed by atoms with E-state index in [1.807, 2.05) is 13.8 Å². The van der Waals surface area contributed by atoms with E-state index in [0.717, 1.165) is 4.31 Å². The van der Waals surface area contributed by atoms with E-state index in [2.05, 4.69) is 5.32 Å². The van der Waals surface area contributed by atoms with E-state index in [0.29, 0.717) is 12.8 Å². The zero-order valence-electron chi connectivity index (χ0n) is 17.2. The van der Waals surface area contributed by atoms with Crippen molar-refractivity contribution in [2.75, 3.05) is 33.2 Å². The molecule has 0 spiro atoms. The first kappa shape index (κ1) is 25.3. The molecule has 1 rings (SSSR count). The molecule has 0 bridgehead atoms. The van der Waals surface area contributed by atoms with Crippen molar-refractivity contribution < 1.29 is 28.4 Å². The highest BCUT2D eigenvalue weighted by Gasteiger charge is 2.53. The Labute approximate surface area is 168 Å². The van der Waals surface area contributed by atoms with Crippen molar-refractivity contribution in [3.63, 3.8) is 0 Å². The van der Waals surface area contributed by atoms with Crippen LogP contribution >= 0.6 is 0 Å². The van der Waals surface area contributed by atoms with Crippen LogP contribution in [0.5, 0.6) is 0 Å². The molecule has 10 nitrogen and oxygen atoms in total. The van der Waals surface area contributed by atoms with Gasteiger partial charge >= 0.3 is 13.1 Å². The molecule has 12 heteroatoms. The van der Waals surface area contributed by atoms with Gasteiger partial charge in [-0.25, -0.2) is 0 Å². The average molecular weight is 422 g/mol. The second-order valence-corrected chi connectivity index (χ2v) is 9.77. The largest absolute Gasteiger partial charge is 0.480 e. The molecule has 1 heterocycles. The summed E-state index contributed by atoms with van der Waals surface area (Å²) >= 11 is 0. The fraction of sp³-hybridized carbons (Fsp3) is 0.938. The molecule has 0 aliphatic carbocycles. The standard InChI is InChI=1S/C16H35BN4O6S/c1-5-20(10-14(19-4)12(2)3)28(26,27)21-9-13(7-6-8-17(24)25)16(18,11-21)15(22)23/h12-14,19,24-25H,5-11,18H2,1-4H3,(H,22,23)/t13-,14-,16-/m0/s1. The molecular formula is C16H35BN4O6S. The number of hydrogen-bond acceptors (Lipinski definition) is 7. The summed E-state index contributed by atoms with van der Waals surface area (Å²) in [6, 6.07) is -0.0405. The molecule has 0 aromatic carbocycles. The molecule has 0 aromatic rings. The van der Waals surface area contributed by atoms with E-state index in [1.54, 1.807) is 14.0 Å². The SMILES string of the molecule is CCN(C[C@H](NC)C(C)C)S(=O)(=O)N1C[C@H](CCCB(O)O)[C@](N)(C(=O)O)C1. The highest BCUT2D eigenvalue weighted by Crippen LogP contribution is 2.33. The van der Waals surface area contributed by atoms with E-state index < -0.39 is 34.8 Å². The predicted octanol–water partition coefficient (Wildman–Crippen LogP) is -1.24. The summed E-state index contributed by atoms with van der Waals surface area (Å²) in [5, 5.41) is 30.7. The smallest absolute Gasteiger partial charge is 0.451 e. The highest BCUT2D eigenvalue weighted by atomic mass is 32.2. The van der Waals surface area contributed by atoms with Gasteiger partial charge in [0.15, 0.2) is 0 Å². The second kappa shape index (κ2) is 10.3. The minimum absolute atomic E-state index is 0.00490. The number of aliphatic carboxylic acids is 1. The van der Waals surface area contributed by atoms with Crippen LogP contribution in [0.25, 0.3) is 0 Å². The Bertz CT molecular complexity index is 620. The minimum Gasteiger partial charge on any atom is -0.480 e. The molecule has 28 heavy (non-hydrogen) atoms. The number of rotatable bonds is 12. The van der Waals surface area contributed by atoms with Gasteiger partial charge in [0.2, 0.25) is 0 Å². The van der Waals surface area contributed by atoms with Crippen LogP contribution in [0.1, 0.15) is 33.6 Å². The lowest BCUT2D eigenvalue weighted by molar-refractivity contribution is -0.144. The van der Waals surface area contributed by atoms with Crippen LogP contribution in [0.4, 0.5) is 0 Å². The first-order chi connectivity index (χ1) is 12.9. The quantitative estimate of drug-likeness (QED) is 0.245. The lowest BCUT2D eigenvalue weighted by Crippen LogP contribution is -2.56. The Morgan fingerprint density at radius 2 is 2.04 bits per heavy atom. The van der Waals surface area contributed by atoms with Gasteiger partial charge < -0.3 is 26.2 Å². The lowest BCUT2D eigenvalue weighted by atomic mass is 9.78. The summed E-state index contributed by atoms with van der Waals surface area (Å²) in [5.74, 6) is -1.64. The Kier molecular flexibility index (Phi) is 9.32. The van der Waals surface area contributed by atoms with Crippen LogP contribution in [0.15, 0.2) is 0 Å². The molecule has 0 saturated carbocycles. The maximum absolute atomic E-state index is 13.2. The van der Waals surface area contributed by atoms with Gasteiger partial charge in [-0.3, -0.25) is 4.79 Å². The number of nitrogens with zero attached hydrogens (tertiary/aromatic N) is 2. The maximum atomic E-state index is 13.2. The number of nitrogens with one attached hydrogen (secondary N) is 1. The first-order valence-electron chi connectivity index (χ1n) is 9.71. The molecule has 6 N–H and O–H groups in total. The number of hydrogen-bond donors (Lipinski definition) is 5. The third-order valence-corrected chi connectivity index (χ3v) is 7.58. The van der Waals surface area contributed by atoms with E-state index in [9.17, 15) is 18.3 Å². The van der Waals surface area contributed by atoms with Crippen LogP contribution in [-0.4, -0.2) is 90.1 Å². The van der Waals surface area contributed by atoms with Crippen LogP contribution in [0.3, 0.4) is 0 Å².